The lowest BCUT2D eigenvalue weighted by atomic mass is 9.99. The lowest BCUT2D eigenvalue weighted by Crippen LogP contribution is -2.30. The molecule has 0 saturated carbocycles. The minimum absolute atomic E-state index is 0.0100. The van der Waals surface area contributed by atoms with E-state index in [0.717, 1.165) is 41.6 Å². The maximum atomic E-state index is 13.2. The highest BCUT2D eigenvalue weighted by molar-refractivity contribution is 5.98. The number of ether oxygens (including phenoxy) is 1. The van der Waals surface area contributed by atoms with E-state index in [2.05, 4.69) is 10.2 Å². The van der Waals surface area contributed by atoms with Crippen LogP contribution in [0.25, 0.3) is 11.1 Å². The van der Waals surface area contributed by atoms with Gasteiger partial charge in [0.05, 0.1) is 19.3 Å². The molecule has 0 spiro atoms. The molecule has 6 heteroatoms. The van der Waals surface area contributed by atoms with Gasteiger partial charge in [-0.25, -0.2) is 0 Å². The van der Waals surface area contributed by atoms with Gasteiger partial charge < -0.3 is 9.64 Å². The van der Waals surface area contributed by atoms with Gasteiger partial charge in [-0.05, 0) is 48.2 Å². The van der Waals surface area contributed by atoms with Crippen molar-refractivity contribution in [3.63, 3.8) is 0 Å². The largest absolute Gasteiger partial charge is 0.497 e. The number of carbonyl (C=O) groups excluding carboxylic acids is 2. The fourth-order valence-corrected chi connectivity index (χ4v) is 3.83. The summed E-state index contributed by atoms with van der Waals surface area (Å²) in [7, 11) is 1.64. The minimum Gasteiger partial charge on any atom is -0.497 e. The van der Waals surface area contributed by atoms with Crippen LogP contribution in [0, 0.1) is 0 Å². The molecular formula is C22H21N3O3. The summed E-state index contributed by atoms with van der Waals surface area (Å²) < 4.78 is 5.32. The minimum atomic E-state index is -0.0628. The number of nitrogens with zero attached hydrogens (tertiary/aromatic N) is 2. The molecule has 1 saturated heterocycles. The van der Waals surface area contributed by atoms with Crippen molar-refractivity contribution in [1.29, 1.82) is 0 Å². The summed E-state index contributed by atoms with van der Waals surface area (Å²) >= 11 is 0. The summed E-state index contributed by atoms with van der Waals surface area (Å²) in [4.78, 5) is 26.7. The number of carbonyl (C=O) groups is 2. The second-order valence-corrected chi connectivity index (χ2v) is 6.84. The Hall–Kier alpha value is -3.41. The van der Waals surface area contributed by atoms with Gasteiger partial charge in [0.2, 0.25) is 0 Å². The molecule has 1 amide bonds. The summed E-state index contributed by atoms with van der Waals surface area (Å²) in [5.41, 5.74) is 3.63. The number of amides is 1. The second-order valence-electron chi connectivity index (χ2n) is 6.84. The van der Waals surface area contributed by atoms with E-state index in [1.165, 1.54) is 0 Å². The number of aromatic amines is 1. The molecule has 28 heavy (non-hydrogen) atoms. The fourth-order valence-electron chi connectivity index (χ4n) is 3.83. The van der Waals surface area contributed by atoms with Gasteiger partial charge in [0.15, 0.2) is 6.29 Å². The third kappa shape index (κ3) is 3.29. The molecule has 2 heterocycles. The predicted molar refractivity (Wildman–Crippen MR) is 105 cm³/mol. The Bertz CT molecular complexity index is 998. The van der Waals surface area contributed by atoms with Crippen molar-refractivity contribution in [1.82, 2.24) is 15.1 Å². The molecule has 3 aromatic rings. The van der Waals surface area contributed by atoms with E-state index in [-0.39, 0.29) is 11.9 Å². The molecule has 1 atom stereocenters. The number of hydrogen-bond donors (Lipinski definition) is 1. The molecule has 0 bridgehead atoms. The van der Waals surface area contributed by atoms with E-state index >= 15 is 0 Å². The highest BCUT2D eigenvalue weighted by Gasteiger charge is 2.31. The van der Waals surface area contributed by atoms with Crippen LogP contribution in [0.2, 0.25) is 0 Å². The van der Waals surface area contributed by atoms with Crippen molar-refractivity contribution in [2.45, 2.75) is 18.9 Å². The van der Waals surface area contributed by atoms with Crippen LogP contribution >= 0.6 is 0 Å². The third-order valence-electron chi connectivity index (χ3n) is 5.23. The molecule has 1 fully saturated rings. The molecule has 0 radical (unpaired) electrons. The normalized spacial score (nSPS) is 16.2. The molecule has 0 aliphatic carbocycles. The molecule has 4 rings (SSSR count). The third-order valence-corrected chi connectivity index (χ3v) is 5.23. The van der Waals surface area contributed by atoms with Crippen LogP contribution in [0.15, 0.2) is 54.9 Å². The lowest BCUT2D eigenvalue weighted by Gasteiger charge is -2.25. The quantitative estimate of drug-likeness (QED) is 0.687. The second kappa shape index (κ2) is 7.68. The van der Waals surface area contributed by atoms with Gasteiger partial charge in [-0.15, -0.1) is 0 Å². The molecule has 1 unspecified atom stereocenters. The van der Waals surface area contributed by atoms with Gasteiger partial charge in [0.25, 0.3) is 5.91 Å². The molecular weight excluding hydrogens is 354 g/mol. The molecule has 1 aliphatic heterocycles. The van der Waals surface area contributed by atoms with E-state index in [4.69, 9.17) is 4.74 Å². The summed E-state index contributed by atoms with van der Waals surface area (Å²) in [6.07, 6.45) is 6.02. The van der Waals surface area contributed by atoms with Crippen LogP contribution in [-0.4, -0.2) is 40.9 Å². The first-order chi connectivity index (χ1) is 13.7. The van der Waals surface area contributed by atoms with Gasteiger partial charge in [0, 0.05) is 29.4 Å². The van der Waals surface area contributed by atoms with Crippen molar-refractivity contribution in [2.24, 2.45) is 0 Å². The zero-order chi connectivity index (χ0) is 19.5. The van der Waals surface area contributed by atoms with Crippen LogP contribution in [0.4, 0.5) is 0 Å². The van der Waals surface area contributed by atoms with Crippen molar-refractivity contribution in [3.8, 4) is 16.9 Å². The maximum absolute atomic E-state index is 13.2. The average molecular weight is 375 g/mol. The van der Waals surface area contributed by atoms with Crippen LogP contribution in [0.1, 0.15) is 45.2 Å². The Morgan fingerprint density at radius 2 is 2.18 bits per heavy atom. The Morgan fingerprint density at radius 1 is 1.29 bits per heavy atom. The van der Waals surface area contributed by atoms with Crippen molar-refractivity contribution in [3.05, 3.63) is 71.5 Å². The van der Waals surface area contributed by atoms with E-state index in [1.807, 2.05) is 29.2 Å². The molecule has 2 aromatic carbocycles. The van der Waals surface area contributed by atoms with Gasteiger partial charge >= 0.3 is 0 Å². The van der Waals surface area contributed by atoms with E-state index in [9.17, 15) is 9.59 Å². The molecule has 6 nitrogen and oxygen atoms in total. The fraction of sp³-hybridized carbons (Fsp3) is 0.227. The number of nitrogens with one attached hydrogen (secondary N) is 1. The highest BCUT2D eigenvalue weighted by atomic mass is 16.5. The number of benzene rings is 2. The smallest absolute Gasteiger partial charge is 0.254 e. The van der Waals surface area contributed by atoms with E-state index in [0.29, 0.717) is 17.7 Å². The standard InChI is InChI=1S/C22H21N3O3/c1-28-19-5-2-4-15(11-19)21-6-3-9-25(21)22(27)16-7-8-20(17(10-16)14-26)18-12-23-24-13-18/h2,4-5,7-8,10-14,21H,3,6,9H2,1H3,(H,23,24). The zero-order valence-corrected chi connectivity index (χ0v) is 15.6. The maximum Gasteiger partial charge on any atom is 0.254 e. The number of likely N-dealkylation sites (tertiary alicyclic amines) is 1. The van der Waals surface area contributed by atoms with Gasteiger partial charge in [0.1, 0.15) is 5.75 Å². The number of hydrogen-bond acceptors (Lipinski definition) is 4. The van der Waals surface area contributed by atoms with Crippen LogP contribution in [-0.2, 0) is 0 Å². The van der Waals surface area contributed by atoms with Crippen molar-refractivity contribution in [2.75, 3.05) is 13.7 Å². The van der Waals surface area contributed by atoms with Gasteiger partial charge in [-0.3, -0.25) is 14.7 Å². The number of methoxy groups -OCH3 is 1. The number of H-pyrrole nitrogens is 1. The number of rotatable bonds is 5. The van der Waals surface area contributed by atoms with Crippen LogP contribution in [0.5, 0.6) is 5.75 Å². The monoisotopic (exact) mass is 375 g/mol. The first-order valence-electron chi connectivity index (χ1n) is 9.24. The average Bonchev–Trinajstić information content (AvgIpc) is 3.45. The van der Waals surface area contributed by atoms with E-state index in [1.54, 1.807) is 37.7 Å². The summed E-state index contributed by atoms with van der Waals surface area (Å²) in [6, 6.07) is 13.1. The van der Waals surface area contributed by atoms with Gasteiger partial charge in [-0.2, -0.15) is 5.10 Å². The van der Waals surface area contributed by atoms with E-state index < -0.39 is 0 Å². The van der Waals surface area contributed by atoms with Crippen LogP contribution < -0.4 is 4.74 Å². The molecule has 142 valence electrons. The first kappa shape index (κ1) is 18.0. The number of aldehydes is 1. The summed E-state index contributed by atoms with van der Waals surface area (Å²) in [6.45, 7) is 0.695. The number of aromatic nitrogens is 2. The topological polar surface area (TPSA) is 75.3 Å². The highest BCUT2D eigenvalue weighted by Crippen LogP contribution is 2.35. The SMILES string of the molecule is COc1cccc(C2CCCN2C(=O)c2ccc(-c3cn[nH]c3)c(C=O)c2)c1. The van der Waals surface area contributed by atoms with Crippen LogP contribution in [0.3, 0.4) is 0 Å². The first-order valence-corrected chi connectivity index (χ1v) is 9.24. The van der Waals surface area contributed by atoms with Gasteiger partial charge in [-0.1, -0.05) is 18.2 Å². The zero-order valence-electron chi connectivity index (χ0n) is 15.6. The van der Waals surface area contributed by atoms with Crippen molar-refractivity contribution < 1.29 is 14.3 Å². The Morgan fingerprint density at radius 3 is 2.93 bits per heavy atom. The Kier molecular flexibility index (Phi) is 4.93. The molecule has 1 aliphatic rings. The van der Waals surface area contributed by atoms with Crippen molar-refractivity contribution >= 4 is 12.2 Å². The summed E-state index contributed by atoms with van der Waals surface area (Å²) in [5, 5.41) is 6.67. The Labute approximate surface area is 163 Å². The lowest BCUT2D eigenvalue weighted by molar-refractivity contribution is 0.0735. The molecule has 1 N–H and O–H groups in total. The Balaban J connectivity index is 1.64. The predicted octanol–water partition coefficient (Wildman–Crippen LogP) is 3.88. The molecule has 1 aromatic heterocycles. The summed E-state index contributed by atoms with van der Waals surface area (Å²) in [5.74, 6) is 0.719.